The molecule has 0 heterocycles. The minimum atomic E-state index is -4.82. The molecule has 0 aromatic carbocycles. The maximum Gasteiger partial charge on any atom is 0.492 e. The highest BCUT2D eigenvalue weighted by molar-refractivity contribution is 6.03. The van der Waals surface area contributed by atoms with Gasteiger partial charge in [0.2, 0.25) is 0 Å². The molecule has 0 bridgehead atoms. The minimum Gasteiger partial charge on any atom is -0.456 e. The van der Waals surface area contributed by atoms with Gasteiger partial charge >= 0.3 is 18.3 Å². The van der Waals surface area contributed by atoms with Gasteiger partial charge in [-0.3, -0.25) is 4.79 Å². The smallest absolute Gasteiger partial charge is 0.456 e. The van der Waals surface area contributed by atoms with Crippen LogP contribution in [0.5, 0.6) is 0 Å². The Morgan fingerprint density at radius 3 is 2.06 bits per heavy atom. The van der Waals surface area contributed by atoms with E-state index >= 15 is 0 Å². The lowest BCUT2D eigenvalue weighted by molar-refractivity contribution is -0.167. The first-order valence-corrected chi connectivity index (χ1v) is 4.13. The molecule has 0 radical (unpaired) electrons. The van der Waals surface area contributed by atoms with Gasteiger partial charge in [0, 0.05) is 11.3 Å². The zero-order chi connectivity index (χ0) is 13.2. The van der Waals surface area contributed by atoms with Gasteiger partial charge in [0.1, 0.15) is 0 Å². The highest BCUT2D eigenvalue weighted by Crippen LogP contribution is 2.42. The van der Waals surface area contributed by atoms with Crippen LogP contribution in [-0.2, 0) is 4.79 Å². The van der Waals surface area contributed by atoms with Crippen LogP contribution in [-0.4, -0.2) is 23.4 Å². The average molecular weight is 251 g/mol. The van der Waals surface area contributed by atoms with E-state index in [-0.39, 0.29) is 5.69 Å². The molecule has 0 saturated heterocycles. The molecule has 0 atom stereocenters. The fourth-order valence-corrected chi connectivity index (χ4v) is 1.06. The number of nitrogens with one attached hydrogen (secondary N) is 1. The van der Waals surface area contributed by atoms with Gasteiger partial charge in [-0.15, -0.1) is 4.39 Å². The molecule has 2 rings (SSSR count). The SMILES string of the molecule is O=C(Nc1ccc2cc1-2)C(F)(F)F.O=C(O)F. The quantitative estimate of drug-likeness (QED) is 0.605. The van der Waals surface area contributed by atoms with Crippen LogP contribution in [0.1, 0.15) is 0 Å². The van der Waals surface area contributed by atoms with Crippen molar-refractivity contribution >= 4 is 17.8 Å². The van der Waals surface area contributed by atoms with Gasteiger partial charge in [-0.05, 0) is 17.7 Å². The van der Waals surface area contributed by atoms with E-state index in [2.05, 4.69) is 0 Å². The molecule has 1 amide bonds. The molecule has 0 saturated carbocycles. The second-order valence-electron chi connectivity index (χ2n) is 2.97. The van der Waals surface area contributed by atoms with Crippen LogP contribution < -0.4 is 5.32 Å². The van der Waals surface area contributed by atoms with Crippen molar-refractivity contribution in [1.82, 2.24) is 0 Å². The Hall–Kier alpha value is -2.12. The summed E-state index contributed by atoms with van der Waals surface area (Å²) in [4.78, 5) is 18.8. The van der Waals surface area contributed by atoms with Gasteiger partial charge in [-0.25, -0.2) is 4.79 Å². The number of alkyl halides is 3. The number of carbonyl (C=O) groups is 2. The van der Waals surface area contributed by atoms with Crippen LogP contribution in [0, 0.1) is 0 Å². The van der Waals surface area contributed by atoms with Crippen molar-refractivity contribution in [2.75, 3.05) is 5.32 Å². The summed E-state index contributed by atoms with van der Waals surface area (Å²) in [6.07, 6.45) is -7.15. The van der Waals surface area contributed by atoms with Crippen LogP contribution in [0.25, 0.3) is 11.1 Å². The van der Waals surface area contributed by atoms with E-state index in [9.17, 15) is 22.4 Å². The maximum absolute atomic E-state index is 11.8. The summed E-state index contributed by atoms with van der Waals surface area (Å²) in [5, 5.41) is 8.54. The normalized spacial score (nSPS) is 11.1. The van der Waals surface area contributed by atoms with E-state index in [1.807, 2.05) is 0 Å². The van der Waals surface area contributed by atoms with Crippen molar-refractivity contribution in [3.8, 4) is 11.1 Å². The molecule has 2 aliphatic rings. The number of hydrogen-bond donors (Lipinski definition) is 2. The molecular formula is C9H5F4NO3. The van der Waals surface area contributed by atoms with Crippen molar-refractivity contribution in [3.63, 3.8) is 0 Å². The van der Waals surface area contributed by atoms with Crippen molar-refractivity contribution in [1.29, 1.82) is 0 Å². The van der Waals surface area contributed by atoms with Crippen LogP contribution >= 0.6 is 0 Å². The fourth-order valence-electron chi connectivity index (χ4n) is 1.06. The van der Waals surface area contributed by atoms with E-state index in [0.29, 0.717) is 5.56 Å². The third-order valence-corrected chi connectivity index (χ3v) is 1.75. The summed E-state index contributed by atoms with van der Waals surface area (Å²) in [6.45, 7) is 0. The molecule has 4 nitrogen and oxygen atoms in total. The lowest BCUT2D eigenvalue weighted by atomic mass is 10.4. The molecule has 0 aromatic rings. The molecule has 0 spiro atoms. The fraction of sp³-hybridized carbons (Fsp3) is 0.111. The van der Waals surface area contributed by atoms with Crippen LogP contribution in [0.15, 0.2) is 18.2 Å². The highest BCUT2D eigenvalue weighted by Gasteiger charge is 2.39. The summed E-state index contributed by atoms with van der Waals surface area (Å²) in [6, 6.07) is 4.81. The molecular weight excluding hydrogens is 246 g/mol. The maximum atomic E-state index is 11.8. The molecule has 2 aliphatic carbocycles. The Balaban J connectivity index is 0.000000317. The van der Waals surface area contributed by atoms with Gasteiger partial charge in [-0.2, -0.15) is 13.2 Å². The van der Waals surface area contributed by atoms with E-state index in [4.69, 9.17) is 9.90 Å². The zero-order valence-corrected chi connectivity index (χ0v) is 8.01. The molecule has 0 fully saturated rings. The number of amides is 1. The summed E-state index contributed by atoms with van der Waals surface area (Å²) in [5.74, 6) is -1.93. The summed E-state index contributed by atoms with van der Waals surface area (Å²) >= 11 is 0. The lowest BCUT2D eigenvalue weighted by Gasteiger charge is -2.05. The number of hydrogen-bond acceptors (Lipinski definition) is 2. The molecule has 8 heteroatoms. The molecule has 92 valence electrons. The summed E-state index contributed by atoms with van der Waals surface area (Å²) in [5.41, 5.74) is 1.81. The first-order valence-electron chi connectivity index (χ1n) is 4.13. The number of carboxylic acid groups (broad SMARTS) is 1. The first kappa shape index (κ1) is 12.9. The Kier molecular flexibility index (Phi) is 3.35. The standard InChI is InChI=1S/C8H4F3NO.CHFO2/c9-8(10,11)7(13)12-6-2-1-4-3-5(4)6;2-1(3)4/h1-3H,(H,12,13);(H,3,4). The summed E-state index contributed by atoms with van der Waals surface area (Å²) < 4.78 is 45.2. The molecule has 2 N–H and O–H groups in total. The van der Waals surface area contributed by atoms with Crippen molar-refractivity contribution in [2.45, 2.75) is 6.18 Å². The summed E-state index contributed by atoms with van der Waals surface area (Å²) in [7, 11) is 0. The predicted molar refractivity (Wildman–Crippen MR) is 49.3 cm³/mol. The van der Waals surface area contributed by atoms with Crippen molar-refractivity contribution in [3.05, 3.63) is 18.2 Å². The van der Waals surface area contributed by atoms with Gasteiger partial charge in [0.25, 0.3) is 0 Å². The second kappa shape index (κ2) is 4.40. The average Bonchev–Trinajstić information content (AvgIpc) is 2.81. The number of anilines is 1. The highest BCUT2D eigenvalue weighted by atomic mass is 19.4. The van der Waals surface area contributed by atoms with E-state index in [1.165, 1.54) is 6.07 Å². The number of fused-ring (bicyclic) bond motifs is 1. The third-order valence-electron chi connectivity index (χ3n) is 1.75. The monoisotopic (exact) mass is 251 g/mol. The number of carbonyl (C=O) groups excluding carboxylic acids is 1. The Labute approximate surface area is 91.9 Å². The number of halogens is 4. The minimum absolute atomic E-state index is 0.234. The third kappa shape index (κ3) is 3.74. The van der Waals surface area contributed by atoms with Crippen molar-refractivity contribution in [2.24, 2.45) is 0 Å². The van der Waals surface area contributed by atoms with Crippen molar-refractivity contribution < 1.29 is 32.3 Å². The van der Waals surface area contributed by atoms with Crippen LogP contribution in [0.2, 0.25) is 0 Å². The first-order chi connectivity index (χ1) is 7.71. The van der Waals surface area contributed by atoms with E-state index < -0.39 is 18.3 Å². The van der Waals surface area contributed by atoms with Gasteiger partial charge in [0.15, 0.2) is 0 Å². The van der Waals surface area contributed by atoms with Gasteiger partial charge < -0.3 is 10.4 Å². The molecule has 0 aliphatic heterocycles. The number of rotatable bonds is 1. The largest absolute Gasteiger partial charge is 0.492 e. The zero-order valence-electron chi connectivity index (χ0n) is 8.01. The molecule has 0 unspecified atom stereocenters. The Morgan fingerprint density at radius 2 is 1.76 bits per heavy atom. The van der Waals surface area contributed by atoms with Crippen LogP contribution in [0.4, 0.5) is 28.0 Å². The van der Waals surface area contributed by atoms with E-state index in [0.717, 1.165) is 5.56 Å². The second-order valence-corrected chi connectivity index (χ2v) is 2.97. The van der Waals surface area contributed by atoms with Gasteiger partial charge in [0.05, 0.1) is 0 Å². The van der Waals surface area contributed by atoms with Crippen LogP contribution in [0.3, 0.4) is 0 Å². The molecule has 0 aromatic heterocycles. The lowest BCUT2D eigenvalue weighted by Crippen LogP contribution is -2.29. The predicted octanol–water partition coefficient (Wildman–Crippen LogP) is 2.80. The number of benzene rings is 1. The Morgan fingerprint density at radius 1 is 1.24 bits per heavy atom. The Bertz CT molecular complexity index is 466. The molecule has 17 heavy (non-hydrogen) atoms. The topological polar surface area (TPSA) is 66.4 Å². The van der Waals surface area contributed by atoms with E-state index in [1.54, 1.807) is 17.4 Å². The van der Waals surface area contributed by atoms with Gasteiger partial charge in [-0.1, -0.05) is 6.07 Å².